The molecule has 0 aliphatic carbocycles. The number of fused-ring (bicyclic) bond motifs is 2. The fraction of sp³-hybridized carbons (Fsp3) is 0.410. The molecule has 6 rings (SSSR count). The Bertz CT molecular complexity index is 1880. The SMILES string of the molecule is COC(=O)N[C@H]1C/C=C/COCc2[nH]c(nc2-c2ccc(-c3ccc(-c4cnc([C@@H]5CCCN5C(=O)[C@@H](C)C(C)C)[nH]4)cc3)cc2)CN(C)C1=O.S.S.S. The van der Waals surface area contributed by atoms with Gasteiger partial charge < -0.3 is 34.6 Å². The number of likely N-dealkylation sites (N-methyl/N-ethyl adjacent to an activating group) is 1. The fourth-order valence-electron chi connectivity index (χ4n) is 6.58. The Morgan fingerprint density at radius 1 is 0.944 bits per heavy atom. The number of methoxy groups -OCH3 is 1. The minimum Gasteiger partial charge on any atom is -0.453 e. The molecular weight excluding hydrogens is 743 g/mol. The van der Waals surface area contributed by atoms with Crippen LogP contribution in [-0.4, -0.2) is 81.0 Å². The second-order valence-corrected chi connectivity index (χ2v) is 13.7. The number of aromatic amines is 2. The zero-order valence-corrected chi connectivity index (χ0v) is 34.4. The van der Waals surface area contributed by atoms with Gasteiger partial charge >= 0.3 is 6.09 Å². The fourth-order valence-corrected chi connectivity index (χ4v) is 6.58. The number of carbonyl (C=O) groups is 3. The third-order valence-corrected chi connectivity index (χ3v) is 9.89. The Balaban J connectivity index is 0.00000261. The molecule has 0 unspecified atom stereocenters. The van der Waals surface area contributed by atoms with E-state index in [-0.39, 0.29) is 70.8 Å². The minimum absolute atomic E-state index is 0. The Morgan fingerprint density at radius 2 is 1.59 bits per heavy atom. The van der Waals surface area contributed by atoms with Crippen molar-refractivity contribution in [2.24, 2.45) is 11.8 Å². The maximum Gasteiger partial charge on any atom is 0.407 e. The van der Waals surface area contributed by atoms with Crippen LogP contribution in [-0.2, 0) is 32.2 Å². The van der Waals surface area contributed by atoms with Gasteiger partial charge in [0.25, 0.3) is 0 Å². The summed E-state index contributed by atoms with van der Waals surface area (Å²) in [5.41, 5.74) is 6.59. The number of imidazole rings is 2. The number of hydrogen-bond acceptors (Lipinski definition) is 7. The van der Waals surface area contributed by atoms with Crippen molar-refractivity contribution in [1.29, 1.82) is 0 Å². The normalized spacial score (nSPS) is 18.5. The molecule has 292 valence electrons. The summed E-state index contributed by atoms with van der Waals surface area (Å²) >= 11 is 0. The second kappa shape index (κ2) is 19.9. The van der Waals surface area contributed by atoms with Crippen molar-refractivity contribution < 1.29 is 23.9 Å². The zero-order chi connectivity index (χ0) is 36.1. The van der Waals surface area contributed by atoms with Crippen LogP contribution in [0.15, 0.2) is 66.9 Å². The number of aromatic nitrogens is 4. The van der Waals surface area contributed by atoms with Crippen LogP contribution < -0.4 is 5.32 Å². The van der Waals surface area contributed by atoms with Crippen LogP contribution in [0.25, 0.3) is 33.6 Å². The van der Waals surface area contributed by atoms with E-state index in [0.29, 0.717) is 31.4 Å². The molecule has 1 fully saturated rings. The number of nitrogens with one attached hydrogen (secondary N) is 3. The number of ether oxygens (including phenoxy) is 2. The highest BCUT2D eigenvalue weighted by molar-refractivity contribution is 7.59. The van der Waals surface area contributed by atoms with E-state index in [0.717, 1.165) is 64.5 Å². The molecule has 0 spiro atoms. The Labute approximate surface area is 338 Å². The Hall–Kier alpha value is -4.18. The van der Waals surface area contributed by atoms with Crippen LogP contribution in [0.4, 0.5) is 4.79 Å². The third kappa shape index (κ3) is 10.1. The van der Waals surface area contributed by atoms with Crippen molar-refractivity contribution in [2.45, 2.75) is 65.3 Å². The maximum atomic E-state index is 13.2. The topological polar surface area (TPSA) is 146 Å². The molecule has 0 saturated carbocycles. The first kappa shape index (κ1) is 44.2. The molecule has 1 saturated heterocycles. The summed E-state index contributed by atoms with van der Waals surface area (Å²) in [5.74, 6) is 1.69. The van der Waals surface area contributed by atoms with Crippen LogP contribution in [0, 0.1) is 11.8 Å². The van der Waals surface area contributed by atoms with E-state index < -0.39 is 12.1 Å². The number of rotatable bonds is 7. The molecule has 3 atom stereocenters. The summed E-state index contributed by atoms with van der Waals surface area (Å²) in [4.78, 5) is 58.2. The molecule has 3 amide bonds. The molecule has 2 aromatic carbocycles. The van der Waals surface area contributed by atoms with E-state index in [9.17, 15) is 14.4 Å². The average molecular weight is 796 g/mol. The zero-order valence-electron chi connectivity index (χ0n) is 31.4. The van der Waals surface area contributed by atoms with Gasteiger partial charge in [-0.25, -0.2) is 14.8 Å². The predicted molar refractivity (Wildman–Crippen MR) is 225 cm³/mol. The lowest BCUT2D eigenvalue weighted by Crippen LogP contribution is -2.47. The van der Waals surface area contributed by atoms with Gasteiger partial charge in [0.15, 0.2) is 0 Å². The van der Waals surface area contributed by atoms with Gasteiger partial charge in [-0.05, 0) is 41.9 Å². The molecule has 3 N–H and O–H groups in total. The van der Waals surface area contributed by atoms with Crippen molar-refractivity contribution in [1.82, 2.24) is 35.1 Å². The van der Waals surface area contributed by atoms with Crippen LogP contribution in [0.3, 0.4) is 0 Å². The number of carbonyl (C=O) groups excluding carboxylic acids is 3. The number of amides is 3. The van der Waals surface area contributed by atoms with E-state index >= 15 is 0 Å². The van der Waals surface area contributed by atoms with Crippen LogP contribution >= 0.6 is 40.5 Å². The van der Waals surface area contributed by atoms with E-state index in [1.165, 1.54) is 12.0 Å². The predicted octanol–water partition coefficient (Wildman–Crippen LogP) is 6.59. The third-order valence-electron chi connectivity index (χ3n) is 9.89. The monoisotopic (exact) mass is 795 g/mol. The number of likely N-dealkylation sites (tertiary alicyclic amines) is 1. The summed E-state index contributed by atoms with van der Waals surface area (Å²) < 4.78 is 10.6. The van der Waals surface area contributed by atoms with E-state index in [4.69, 9.17) is 19.4 Å². The quantitative estimate of drug-likeness (QED) is 0.179. The van der Waals surface area contributed by atoms with E-state index in [1.807, 2.05) is 42.3 Å². The molecule has 12 nitrogen and oxygen atoms in total. The maximum absolute atomic E-state index is 13.2. The highest BCUT2D eigenvalue weighted by Crippen LogP contribution is 2.34. The molecule has 2 bridgehead atoms. The first-order valence-corrected chi connectivity index (χ1v) is 17.6. The lowest BCUT2D eigenvalue weighted by molar-refractivity contribution is -0.137. The van der Waals surface area contributed by atoms with Crippen LogP contribution in [0.5, 0.6) is 0 Å². The van der Waals surface area contributed by atoms with Gasteiger partial charge in [-0.2, -0.15) is 40.5 Å². The first-order valence-electron chi connectivity index (χ1n) is 17.6. The number of H-pyrrole nitrogens is 2. The van der Waals surface area contributed by atoms with Gasteiger partial charge in [0, 0.05) is 25.1 Å². The van der Waals surface area contributed by atoms with Gasteiger partial charge in [0.05, 0.1) is 56.2 Å². The Morgan fingerprint density at radius 3 is 2.24 bits per heavy atom. The molecule has 0 radical (unpaired) electrons. The first-order chi connectivity index (χ1) is 24.6. The molecule has 2 aliphatic heterocycles. The largest absolute Gasteiger partial charge is 0.453 e. The summed E-state index contributed by atoms with van der Waals surface area (Å²) in [7, 11) is 2.95. The molecular formula is C39H53N7O5S3. The molecule has 15 heteroatoms. The van der Waals surface area contributed by atoms with Crippen molar-refractivity contribution in [3.8, 4) is 33.6 Å². The summed E-state index contributed by atoms with van der Waals surface area (Å²) in [5, 5.41) is 2.61. The Kier molecular flexibility index (Phi) is 16.3. The highest BCUT2D eigenvalue weighted by Gasteiger charge is 2.35. The molecule has 2 aromatic heterocycles. The van der Waals surface area contributed by atoms with Crippen molar-refractivity contribution in [3.63, 3.8) is 0 Å². The van der Waals surface area contributed by atoms with Crippen molar-refractivity contribution in [3.05, 3.63) is 84.2 Å². The van der Waals surface area contributed by atoms with Crippen molar-refractivity contribution in [2.75, 3.05) is 27.3 Å². The molecule has 4 aromatic rings. The van der Waals surface area contributed by atoms with Crippen LogP contribution in [0.2, 0.25) is 0 Å². The number of hydrogen-bond donors (Lipinski definition) is 3. The van der Waals surface area contributed by atoms with Gasteiger partial charge in [-0.3, -0.25) is 9.59 Å². The summed E-state index contributed by atoms with van der Waals surface area (Å²) in [6.07, 6.45) is 7.06. The average Bonchev–Trinajstić information content (AvgIpc) is 3.92. The molecule has 54 heavy (non-hydrogen) atoms. The number of alkyl carbamates (subject to hydrolysis) is 1. The molecule has 2 aliphatic rings. The number of nitrogens with zero attached hydrogens (tertiary/aromatic N) is 4. The number of benzene rings is 2. The summed E-state index contributed by atoms with van der Waals surface area (Å²) in [6.45, 7) is 7.86. The van der Waals surface area contributed by atoms with Gasteiger partial charge in [-0.1, -0.05) is 81.5 Å². The van der Waals surface area contributed by atoms with Gasteiger partial charge in [-0.15, -0.1) is 0 Å². The molecule has 4 heterocycles. The lowest BCUT2D eigenvalue weighted by atomic mass is 9.96. The van der Waals surface area contributed by atoms with Gasteiger partial charge in [0.1, 0.15) is 17.7 Å². The standard InChI is InChI=1S/C39H47N7O5.3H2S/c1-24(2)25(3)37(47)46-19-8-10-33(46)36-40-21-31(42-36)28-15-11-26(12-16-28)27-13-17-29(18-14-27)35-32-23-51-20-7-6-9-30(43-39(49)50-5)38(48)45(4)22-34(41-32)44-35;;;/h6-7,11-18,21,24-25,30,33H,8-10,19-20,22-23H2,1-5H3,(H,40,42)(H,41,44)(H,43,49);3*1H2/b7-6+;;;/t25-,30-,33-;;;/m0.../s1. The second-order valence-electron chi connectivity index (χ2n) is 13.7. The summed E-state index contributed by atoms with van der Waals surface area (Å²) in [6, 6.07) is 15.8. The highest BCUT2D eigenvalue weighted by atomic mass is 32.1. The van der Waals surface area contributed by atoms with E-state index in [2.05, 4.69) is 65.5 Å². The van der Waals surface area contributed by atoms with Gasteiger partial charge in [0.2, 0.25) is 11.8 Å². The van der Waals surface area contributed by atoms with Crippen molar-refractivity contribution >= 4 is 58.4 Å². The minimum atomic E-state index is -0.773. The van der Waals surface area contributed by atoms with Crippen LogP contribution in [0.1, 0.15) is 63.4 Å². The van der Waals surface area contributed by atoms with E-state index in [1.54, 1.807) is 7.05 Å². The lowest BCUT2D eigenvalue weighted by Gasteiger charge is -2.27. The smallest absolute Gasteiger partial charge is 0.407 e.